The Morgan fingerprint density at radius 3 is 2.45 bits per heavy atom. The highest BCUT2D eigenvalue weighted by Crippen LogP contribution is 2.35. The van der Waals surface area contributed by atoms with Crippen molar-refractivity contribution >= 4 is 16.6 Å². The number of halogens is 3. The zero-order chi connectivity index (χ0) is 15.9. The van der Waals surface area contributed by atoms with Crippen LogP contribution in [0.5, 0.6) is 0 Å². The van der Waals surface area contributed by atoms with Crippen LogP contribution in [-0.2, 0) is 6.18 Å². The number of alkyl halides is 3. The van der Waals surface area contributed by atoms with E-state index in [1.54, 1.807) is 6.07 Å². The lowest BCUT2D eigenvalue weighted by molar-refractivity contribution is -0.137. The Kier molecular flexibility index (Phi) is 3.75. The van der Waals surface area contributed by atoms with E-state index in [0.717, 1.165) is 54.8 Å². The lowest BCUT2D eigenvalue weighted by atomic mass is 9.98. The van der Waals surface area contributed by atoms with E-state index < -0.39 is 11.7 Å². The summed E-state index contributed by atoms with van der Waals surface area (Å²) >= 11 is 0. The average molecular weight is 308 g/mol. The molecule has 1 aromatic carbocycles. The number of aryl methyl sites for hydroxylation is 1. The second-order valence-corrected chi connectivity index (χ2v) is 6.18. The maximum atomic E-state index is 12.9. The number of anilines is 1. The molecule has 0 atom stereocenters. The number of piperidine rings is 1. The van der Waals surface area contributed by atoms with Crippen molar-refractivity contribution in [3.8, 4) is 0 Å². The molecule has 1 saturated heterocycles. The van der Waals surface area contributed by atoms with Crippen molar-refractivity contribution in [2.24, 2.45) is 5.92 Å². The van der Waals surface area contributed by atoms with E-state index in [4.69, 9.17) is 0 Å². The molecule has 2 nitrogen and oxygen atoms in total. The van der Waals surface area contributed by atoms with Gasteiger partial charge < -0.3 is 4.90 Å². The summed E-state index contributed by atoms with van der Waals surface area (Å²) in [7, 11) is 0. The van der Waals surface area contributed by atoms with Gasteiger partial charge in [0.05, 0.1) is 11.1 Å². The third-order valence-corrected chi connectivity index (χ3v) is 4.37. The van der Waals surface area contributed by atoms with Crippen molar-refractivity contribution in [2.75, 3.05) is 18.0 Å². The highest BCUT2D eigenvalue weighted by molar-refractivity contribution is 5.92. The highest BCUT2D eigenvalue weighted by atomic mass is 19.4. The first-order valence-corrected chi connectivity index (χ1v) is 7.58. The summed E-state index contributed by atoms with van der Waals surface area (Å²) < 4.78 is 38.6. The normalized spacial score (nSPS) is 17.2. The molecule has 22 heavy (non-hydrogen) atoms. The summed E-state index contributed by atoms with van der Waals surface area (Å²) in [5, 5.41) is 0.799. The Bertz CT molecular complexity index is 686. The third-order valence-electron chi connectivity index (χ3n) is 4.37. The third kappa shape index (κ3) is 2.89. The second kappa shape index (κ2) is 5.45. The van der Waals surface area contributed by atoms with Gasteiger partial charge in [0.25, 0.3) is 0 Å². The Morgan fingerprint density at radius 2 is 1.82 bits per heavy atom. The van der Waals surface area contributed by atoms with E-state index in [1.165, 1.54) is 0 Å². The van der Waals surface area contributed by atoms with E-state index in [9.17, 15) is 13.2 Å². The van der Waals surface area contributed by atoms with Crippen LogP contribution in [0.2, 0.25) is 0 Å². The number of hydrogen-bond acceptors (Lipinski definition) is 2. The molecule has 1 aliphatic rings. The molecule has 0 amide bonds. The van der Waals surface area contributed by atoms with E-state index in [2.05, 4.69) is 16.8 Å². The predicted molar refractivity (Wildman–Crippen MR) is 82.1 cm³/mol. The van der Waals surface area contributed by atoms with Crippen molar-refractivity contribution in [1.82, 2.24) is 4.98 Å². The maximum Gasteiger partial charge on any atom is 0.416 e. The molecule has 1 aromatic heterocycles. The summed E-state index contributed by atoms with van der Waals surface area (Å²) in [6.07, 6.45) is -2.10. The molecule has 0 aliphatic carbocycles. The number of fused-ring (bicyclic) bond motifs is 1. The van der Waals surface area contributed by atoms with Gasteiger partial charge in [0.15, 0.2) is 0 Å². The van der Waals surface area contributed by atoms with Crippen LogP contribution < -0.4 is 4.90 Å². The number of benzene rings is 1. The van der Waals surface area contributed by atoms with Crippen LogP contribution >= 0.6 is 0 Å². The van der Waals surface area contributed by atoms with Gasteiger partial charge in [0.2, 0.25) is 0 Å². The van der Waals surface area contributed by atoms with Crippen LogP contribution in [0, 0.1) is 12.8 Å². The first-order valence-electron chi connectivity index (χ1n) is 7.58. The van der Waals surface area contributed by atoms with Crippen molar-refractivity contribution in [1.29, 1.82) is 0 Å². The molecule has 0 N–H and O–H groups in total. The van der Waals surface area contributed by atoms with Crippen molar-refractivity contribution in [3.63, 3.8) is 0 Å². The molecule has 2 heterocycles. The van der Waals surface area contributed by atoms with Crippen molar-refractivity contribution < 1.29 is 13.2 Å². The van der Waals surface area contributed by atoms with E-state index in [1.807, 2.05) is 13.0 Å². The molecule has 0 spiro atoms. The highest BCUT2D eigenvalue weighted by Gasteiger charge is 2.31. The van der Waals surface area contributed by atoms with Crippen molar-refractivity contribution in [2.45, 2.75) is 32.9 Å². The van der Waals surface area contributed by atoms with Gasteiger partial charge in [-0.3, -0.25) is 4.98 Å². The van der Waals surface area contributed by atoms with Crippen LogP contribution in [0.4, 0.5) is 18.9 Å². The smallest absolute Gasteiger partial charge is 0.371 e. The largest absolute Gasteiger partial charge is 0.416 e. The molecule has 1 fully saturated rings. The second-order valence-electron chi connectivity index (χ2n) is 6.18. The molecule has 1 aliphatic heterocycles. The monoisotopic (exact) mass is 308 g/mol. The lowest BCUT2D eigenvalue weighted by Gasteiger charge is -2.33. The summed E-state index contributed by atoms with van der Waals surface area (Å²) in [5.41, 5.74) is 1.53. The SMILES string of the molecule is Cc1cc(N2CCC(C)CC2)c2ccc(C(F)(F)F)cc2n1. The molecule has 3 rings (SSSR count). The van der Waals surface area contributed by atoms with Gasteiger partial charge in [-0.05, 0) is 43.9 Å². The summed E-state index contributed by atoms with van der Waals surface area (Å²) in [6.45, 7) is 5.96. The first kappa shape index (κ1) is 15.1. The number of nitrogens with zero attached hydrogens (tertiary/aromatic N) is 2. The predicted octanol–water partition coefficient (Wildman–Crippen LogP) is 4.80. The lowest BCUT2D eigenvalue weighted by Crippen LogP contribution is -2.33. The van der Waals surface area contributed by atoms with Crippen LogP contribution in [0.15, 0.2) is 24.3 Å². The number of rotatable bonds is 1. The van der Waals surface area contributed by atoms with Gasteiger partial charge in [-0.2, -0.15) is 13.2 Å². The van der Waals surface area contributed by atoms with Gasteiger partial charge in [0, 0.05) is 29.9 Å². The quantitative estimate of drug-likeness (QED) is 0.752. The fourth-order valence-electron chi connectivity index (χ4n) is 3.03. The number of aromatic nitrogens is 1. The fraction of sp³-hybridized carbons (Fsp3) is 0.471. The van der Waals surface area contributed by atoms with Gasteiger partial charge in [-0.25, -0.2) is 0 Å². The van der Waals surface area contributed by atoms with Crippen LogP contribution in [0.3, 0.4) is 0 Å². The van der Waals surface area contributed by atoms with Crippen LogP contribution in [0.25, 0.3) is 10.9 Å². The molecule has 0 bridgehead atoms. The van der Waals surface area contributed by atoms with Gasteiger partial charge >= 0.3 is 6.18 Å². The number of hydrogen-bond donors (Lipinski definition) is 0. The Morgan fingerprint density at radius 1 is 1.14 bits per heavy atom. The van der Waals surface area contributed by atoms with Gasteiger partial charge in [0.1, 0.15) is 0 Å². The van der Waals surface area contributed by atoms with Gasteiger partial charge in [-0.1, -0.05) is 13.0 Å². The Labute approximate surface area is 128 Å². The standard InChI is InChI=1S/C17H19F3N2/c1-11-5-7-22(8-6-11)16-9-12(2)21-15-10-13(17(18,19)20)3-4-14(15)16/h3-4,9-11H,5-8H2,1-2H3. The summed E-state index contributed by atoms with van der Waals surface area (Å²) in [5.74, 6) is 0.710. The molecule has 118 valence electrons. The van der Waals surface area contributed by atoms with E-state index in [0.29, 0.717) is 11.4 Å². The molecule has 0 radical (unpaired) electrons. The zero-order valence-corrected chi connectivity index (χ0v) is 12.7. The molecule has 0 unspecified atom stereocenters. The van der Waals surface area contributed by atoms with E-state index >= 15 is 0 Å². The minimum Gasteiger partial charge on any atom is -0.371 e. The first-order chi connectivity index (χ1) is 10.3. The van der Waals surface area contributed by atoms with Gasteiger partial charge in [-0.15, -0.1) is 0 Å². The Hall–Kier alpha value is -1.78. The van der Waals surface area contributed by atoms with Crippen LogP contribution in [-0.4, -0.2) is 18.1 Å². The summed E-state index contributed by atoms with van der Waals surface area (Å²) in [4.78, 5) is 6.56. The number of pyridine rings is 1. The zero-order valence-electron chi connectivity index (χ0n) is 12.7. The minimum atomic E-state index is -4.33. The fourth-order valence-corrected chi connectivity index (χ4v) is 3.03. The molecule has 5 heteroatoms. The van der Waals surface area contributed by atoms with Crippen molar-refractivity contribution in [3.05, 3.63) is 35.5 Å². The Balaban J connectivity index is 2.07. The summed E-state index contributed by atoms with van der Waals surface area (Å²) in [6, 6.07) is 5.83. The molecule has 0 saturated carbocycles. The molecular weight excluding hydrogens is 289 g/mol. The average Bonchev–Trinajstić information content (AvgIpc) is 2.45. The maximum absolute atomic E-state index is 12.9. The molecular formula is C17H19F3N2. The molecule has 2 aromatic rings. The van der Waals surface area contributed by atoms with Crippen LogP contribution in [0.1, 0.15) is 31.0 Å². The minimum absolute atomic E-state index is 0.420. The van der Waals surface area contributed by atoms with E-state index in [-0.39, 0.29) is 0 Å². The topological polar surface area (TPSA) is 16.1 Å².